The second-order valence-corrected chi connectivity index (χ2v) is 10.8. The van der Waals surface area contributed by atoms with Crippen LogP contribution in [0, 0.1) is 13.8 Å². The van der Waals surface area contributed by atoms with Gasteiger partial charge in [0, 0.05) is 5.56 Å². The number of anilines is 1. The van der Waals surface area contributed by atoms with Crippen LogP contribution in [0.15, 0.2) is 48.0 Å². The zero-order valence-electron chi connectivity index (χ0n) is 24.6. The van der Waals surface area contributed by atoms with E-state index in [1.165, 1.54) is 4.90 Å². The van der Waals surface area contributed by atoms with E-state index in [0.29, 0.717) is 41.5 Å². The molecule has 1 amide bonds. The highest BCUT2D eigenvalue weighted by molar-refractivity contribution is 7.17. The SMILES string of the molecule is CCCCCOc1ccc(C2/C(=C(\O)c3ccc(C)cc3)C(=O)C(=O)N2c2nc(C)c(C(=O)OCC)s2)cc1OCC. The van der Waals surface area contributed by atoms with Crippen LogP contribution in [0.3, 0.4) is 0 Å². The number of ketones is 1. The van der Waals surface area contributed by atoms with Crippen molar-refractivity contribution >= 4 is 39.9 Å². The van der Waals surface area contributed by atoms with Crippen molar-refractivity contribution in [1.82, 2.24) is 4.98 Å². The van der Waals surface area contributed by atoms with Crippen molar-refractivity contribution in [1.29, 1.82) is 0 Å². The molecule has 2 heterocycles. The molecular weight excluding hydrogens is 556 g/mol. The number of aliphatic hydroxyl groups is 1. The molecule has 3 aromatic rings. The van der Waals surface area contributed by atoms with Crippen molar-refractivity contribution in [3.05, 3.63) is 75.3 Å². The Morgan fingerprint density at radius 3 is 2.38 bits per heavy atom. The van der Waals surface area contributed by atoms with Crippen LogP contribution in [0.2, 0.25) is 0 Å². The summed E-state index contributed by atoms with van der Waals surface area (Å²) in [6.07, 6.45) is 3.00. The van der Waals surface area contributed by atoms with E-state index in [1.807, 2.05) is 26.0 Å². The fourth-order valence-electron chi connectivity index (χ4n) is 4.70. The lowest BCUT2D eigenvalue weighted by Gasteiger charge is -2.24. The lowest BCUT2D eigenvalue weighted by atomic mass is 9.95. The van der Waals surface area contributed by atoms with Gasteiger partial charge in [-0.3, -0.25) is 14.5 Å². The summed E-state index contributed by atoms with van der Waals surface area (Å²) in [5.74, 6) is -1.60. The molecular formula is C32H36N2O7S. The van der Waals surface area contributed by atoms with Crippen LogP contribution in [-0.4, -0.2) is 47.6 Å². The molecule has 0 radical (unpaired) electrons. The Balaban J connectivity index is 1.87. The highest BCUT2D eigenvalue weighted by atomic mass is 32.1. The fraction of sp³-hybridized carbons (Fsp3) is 0.375. The molecule has 1 fully saturated rings. The molecule has 9 nitrogen and oxygen atoms in total. The van der Waals surface area contributed by atoms with Gasteiger partial charge in [0.25, 0.3) is 5.78 Å². The predicted octanol–water partition coefficient (Wildman–Crippen LogP) is 6.53. The maximum atomic E-state index is 13.6. The number of esters is 1. The van der Waals surface area contributed by atoms with Gasteiger partial charge < -0.3 is 19.3 Å². The summed E-state index contributed by atoms with van der Waals surface area (Å²) in [5, 5.41) is 11.6. The van der Waals surface area contributed by atoms with Crippen LogP contribution >= 0.6 is 11.3 Å². The van der Waals surface area contributed by atoms with E-state index in [-0.39, 0.29) is 27.9 Å². The van der Waals surface area contributed by atoms with E-state index in [1.54, 1.807) is 44.2 Å². The van der Waals surface area contributed by atoms with E-state index >= 15 is 0 Å². The Morgan fingerprint density at radius 1 is 0.976 bits per heavy atom. The maximum Gasteiger partial charge on any atom is 0.350 e. The number of Topliss-reactive ketones (excluding diaryl/α,β-unsaturated/α-hetero) is 1. The lowest BCUT2D eigenvalue weighted by molar-refractivity contribution is -0.132. The number of aryl methyl sites for hydroxylation is 2. The third-order valence-electron chi connectivity index (χ3n) is 6.81. The van der Waals surface area contributed by atoms with E-state index in [0.717, 1.165) is 36.2 Å². The minimum atomic E-state index is -1.04. The molecule has 42 heavy (non-hydrogen) atoms. The minimum Gasteiger partial charge on any atom is -0.507 e. The number of ether oxygens (including phenoxy) is 3. The predicted molar refractivity (Wildman–Crippen MR) is 161 cm³/mol. The van der Waals surface area contributed by atoms with Crippen molar-refractivity contribution in [2.45, 2.75) is 59.9 Å². The van der Waals surface area contributed by atoms with Crippen molar-refractivity contribution in [2.75, 3.05) is 24.7 Å². The first-order chi connectivity index (χ1) is 20.2. The number of aliphatic hydroxyl groups excluding tert-OH is 1. The Morgan fingerprint density at radius 2 is 1.71 bits per heavy atom. The Labute approximate surface area is 249 Å². The van der Waals surface area contributed by atoms with Gasteiger partial charge in [0.15, 0.2) is 16.6 Å². The minimum absolute atomic E-state index is 0.0894. The summed E-state index contributed by atoms with van der Waals surface area (Å²) >= 11 is 0.961. The number of rotatable bonds is 12. The standard InChI is InChI=1S/C32H36N2O7S/c1-6-9-10-17-41-23-16-15-22(18-24(23)39-7-2)26-25(27(35)21-13-11-19(4)12-14-21)28(36)30(37)34(26)32-33-20(5)29(42-32)31(38)40-8-3/h11-16,18,26,35H,6-10,17H2,1-5H3/b27-25+. The molecule has 2 aromatic carbocycles. The highest BCUT2D eigenvalue weighted by Crippen LogP contribution is 2.45. The number of hydrogen-bond donors (Lipinski definition) is 1. The second-order valence-electron chi connectivity index (χ2n) is 9.86. The van der Waals surface area contributed by atoms with Gasteiger partial charge in [-0.1, -0.05) is 67.0 Å². The number of thiazole rings is 1. The van der Waals surface area contributed by atoms with Crippen LogP contribution in [0.5, 0.6) is 11.5 Å². The number of nitrogens with zero attached hydrogens (tertiary/aromatic N) is 2. The molecule has 1 saturated heterocycles. The number of carbonyl (C=O) groups is 3. The molecule has 0 bridgehead atoms. The molecule has 1 unspecified atom stereocenters. The van der Waals surface area contributed by atoms with Crippen molar-refractivity contribution in [2.24, 2.45) is 0 Å². The van der Waals surface area contributed by atoms with Crippen LogP contribution in [0.4, 0.5) is 5.13 Å². The van der Waals surface area contributed by atoms with Crippen molar-refractivity contribution < 1.29 is 33.7 Å². The Hall–Kier alpha value is -4.18. The van der Waals surface area contributed by atoms with Crippen LogP contribution in [0.25, 0.3) is 5.76 Å². The van der Waals surface area contributed by atoms with Crippen molar-refractivity contribution in [3.63, 3.8) is 0 Å². The van der Waals surface area contributed by atoms with Gasteiger partial charge in [-0.15, -0.1) is 0 Å². The molecule has 1 aliphatic rings. The van der Waals surface area contributed by atoms with Gasteiger partial charge in [-0.05, 0) is 51.8 Å². The molecule has 222 valence electrons. The number of carbonyl (C=O) groups excluding carboxylic acids is 3. The number of amides is 1. The van der Waals surface area contributed by atoms with E-state index in [4.69, 9.17) is 14.2 Å². The normalized spacial score (nSPS) is 16.1. The fourth-order valence-corrected chi connectivity index (χ4v) is 5.69. The summed E-state index contributed by atoms with van der Waals surface area (Å²) in [6.45, 7) is 10.3. The van der Waals surface area contributed by atoms with Gasteiger partial charge in [-0.25, -0.2) is 9.78 Å². The molecule has 4 rings (SSSR count). The number of aromatic nitrogens is 1. The first kappa shape index (κ1) is 30.8. The smallest absolute Gasteiger partial charge is 0.350 e. The summed E-state index contributed by atoms with van der Waals surface area (Å²) < 4.78 is 17.0. The van der Waals surface area contributed by atoms with Gasteiger partial charge in [0.2, 0.25) is 0 Å². The average molecular weight is 593 g/mol. The summed E-state index contributed by atoms with van der Waals surface area (Å²) in [7, 11) is 0. The van der Waals surface area contributed by atoms with Crippen molar-refractivity contribution in [3.8, 4) is 11.5 Å². The number of hydrogen-bond acceptors (Lipinski definition) is 9. The van der Waals surface area contributed by atoms with Crippen LogP contribution in [0.1, 0.15) is 78.1 Å². The largest absolute Gasteiger partial charge is 0.507 e. The third-order valence-corrected chi connectivity index (χ3v) is 7.95. The van der Waals surface area contributed by atoms with E-state index < -0.39 is 23.7 Å². The zero-order valence-corrected chi connectivity index (χ0v) is 25.4. The second kappa shape index (κ2) is 13.7. The molecule has 0 aliphatic carbocycles. The molecule has 10 heteroatoms. The zero-order chi connectivity index (χ0) is 30.4. The van der Waals surface area contributed by atoms with E-state index in [9.17, 15) is 19.5 Å². The van der Waals surface area contributed by atoms with Gasteiger partial charge >= 0.3 is 11.9 Å². The first-order valence-electron chi connectivity index (χ1n) is 14.1. The maximum absolute atomic E-state index is 13.6. The quantitative estimate of drug-likeness (QED) is 0.0830. The highest BCUT2D eigenvalue weighted by Gasteiger charge is 2.48. The van der Waals surface area contributed by atoms with Gasteiger partial charge in [0.05, 0.1) is 37.1 Å². The average Bonchev–Trinajstić information content (AvgIpc) is 3.48. The number of benzene rings is 2. The van der Waals surface area contributed by atoms with E-state index in [2.05, 4.69) is 11.9 Å². The van der Waals surface area contributed by atoms with Crippen LogP contribution in [-0.2, 0) is 14.3 Å². The summed E-state index contributed by atoms with van der Waals surface area (Å²) in [5.41, 5.74) is 2.17. The molecule has 1 N–H and O–H groups in total. The first-order valence-corrected chi connectivity index (χ1v) is 14.9. The molecule has 1 aromatic heterocycles. The topological polar surface area (TPSA) is 115 Å². The molecule has 1 atom stereocenters. The molecule has 0 spiro atoms. The Kier molecular flexibility index (Phi) is 10.0. The van der Waals surface area contributed by atoms with Gasteiger partial charge in [0.1, 0.15) is 10.6 Å². The van der Waals surface area contributed by atoms with Crippen LogP contribution < -0.4 is 14.4 Å². The molecule has 0 saturated carbocycles. The third kappa shape index (κ3) is 6.33. The Bertz CT molecular complexity index is 1490. The number of unbranched alkanes of at least 4 members (excludes halogenated alkanes) is 2. The molecule has 1 aliphatic heterocycles. The lowest BCUT2D eigenvalue weighted by Crippen LogP contribution is -2.29. The monoisotopic (exact) mass is 592 g/mol. The summed E-state index contributed by atoms with van der Waals surface area (Å²) in [4.78, 5) is 45.7. The summed E-state index contributed by atoms with van der Waals surface area (Å²) in [6, 6.07) is 11.2. The van der Waals surface area contributed by atoms with Gasteiger partial charge in [-0.2, -0.15) is 0 Å².